The van der Waals surface area contributed by atoms with E-state index in [1.54, 1.807) is 0 Å². The molecule has 2 N–H and O–H groups in total. The molecule has 0 saturated heterocycles. The summed E-state index contributed by atoms with van der Waals surface area (Å²) >= 11 is 0. The Morgan fingerprint density at radius 1 is 1.21 bits per heavy atom. The maximum absolute atomic E-state index is 12.4. The van der Waals surface area contributed by atoms with Crippen LogP contribution in [0.2, 0.25) is 0 Å². The smallest absolute Gasteiger partial charge is 0.305 e. The Morgan fingerprint density at radius 2 is 1.93 bits per heavy atom. The van der Waals surface area contributed by atoms with E-state index in [1.807, 2.05) is 12.2 Å². The Balaban J connectivity index is 1.80. The van der Waals surface area contributed by atoms with Crippen molar-refractivity contribution in [2.24, 2.45) is 17.8 Å². The number of carbonyl (C=O) groups is 2. The van der Waals surface area contributed by atoms with Gasteiger partial charge in [-0.05, 0) is 44.4 Å². The van der Waals surface area contributed by atoms with Gasteiger partial charge in [0, 0.05) is 24.7 Å². The summed E-state index contributed by atoms with van der Waals surface area (Å²) < 4.78 is 4.64. The molecule has 0 aliphatic heterocycles. The number of methoxy groups -OCH3 is 1. The first kappa shape index (κ1) is 24.1. The lowest BCUT2D eigenvalue weighted by Gasteiger charge is -2.27. The van der Waals surface area contributed by atoms with Crippen LogP contribution in [-0.2, 0) is 14.3 Å². The first-order valence-electron chi connectivity index (χ1n) is 11.6. The number of ether oxygens (including phenoxy) is 1. The van der Waals surface area contributed by atoms with Gasteiger partial charge in [-0.3, -0.25) is 9.59 Å². The quantitative estimate of drug-likeness (QED) is 0.254. The summed E-state index contributed by atoms with van der Waals surface area (Å²) in [6, 6.07) is 0. The standard InChI is InChI=1S/C24H40O5/c1-3-4-15-24(28,18-13-14-18)16-9-11-20-19(21(25)17-22(20)26)10-7-5-6-8-12-23(27)29-2/h9,11,18-20,22,26,28H,3-8,10,12-17H2,1-2H3/t19-,20-,22-,24-/m1/s1. The van der Waals surface area contributed by atoms with Crippen LogP contribution in [0.5, 0.6) is 0 Å². The highest BCUT2D eigenvalue weighted by molar-refractivity contribution is 5.84. The second kappa shape index (κ2) is 11.8. The molecule has 29 heavy (non-hydrogen) atoms. The fourth-order valence-corrected chi connectivity index (χ4v) is 4.69. The molecular weight excluding hydrogens is 368 g/mol. The Bertz CT molecular complexity index is 553. The maximum Gasteiger partial charge on any atom is 0.305 e. The van der Waals surface area contributed by atoms with Gasteiger partial charge in [-0.15, -0.1) is 0 Å². The van der Waals surface area contributed by atoms with Gasteiger partial charge in [0.25, 0.3) is 0 Å². The van der Waals surface area contributed by atoms with Crippen molar-refractivity contribution in [2.45, 2.75) is 102 Å². The molecule has 5 heteroatoms. The third kappa shape index (κ3) is 7.53. The topological polar surface area (TPSA) is 83.8 Å². The van der Waals surface area contributed by atoms with Crippen molar-refractivity contribution in [1.82, 2.24) is 0 Å². The number of carbonyl (C=O) groups excluding carboxylic acids is 2. The SMILES string of the molecule is CCCC[C@@](O)(CC=C[C@H]1[C@H](O)CC(=O)[C@@H]1CCCCCCC(=O)OC)C1CC1. The molecule has 0 amide bonds. The Hall–Kier alpha value is -1.20. The van der Waals surface area contributed by atoms with Gasteiger partial charge >= 0.3 is 5.97 Å². The molecule has 2 aliphatic rings. The number of unbranched alkanes of at least 4 members (excludes halogenated alkanes) is 4. The molecule has 0 unspecified atom stereocenters. The lowest BCUT2D eigenvalue weighted by Crippen LogP contribution is -2.30. The summed E-state index contributed by atoms with van der Waals surface area (Å²) in [7, 11) is 1.41. The van der Waals surface area contributed by atoms with E-state index in [2.05, 4.69) is 11.7 Å². The molecule has 166 valence electrons. The molecule has 0 radical (unpaired) electrons. The van der Waals surface area contributed by atoms with Gasteiger partial charge in [0.1, 0.15) is 5.78 Å². The van der Waals surface area contributed by atoms with Crippen molar-refractivity contribution in [2.75, 3.05) is 7.11 Å². The van der Waals surface area contributed by atoms with Crippen LogP contribution in [0.1, 0.15) is 90.4 Å². The van der Waals surface area contributed by atoms with Crippen LogP contribution in [0, 0.1) is 17.8 Å². The Kier molecular flexibility index (Phi) is 9.84. The average Bonchev–Trinajstić information content (AvgIpc) is 3.51. The van der Waals surface area contributed by atoms with Crippen molar-refractivity contribution >= 4 is 11.8 Å². The van der Waals surface area contributed by atoms with E-state index >= 15 is 0 Å². The highest BCUT2D eigenvalue weighted by Crippen LogP contribution is 2.45. The van der Waals surface area contributed by atoms with Crippen molar-refractivity contribution < 1.29 is 24.5 Å². The summed E-state index contributed by atoms with van der Waals surface area (Å²) in [4.78, 5) is 23.5. The molecule has 0 heterocycles. The molecule has 0 aromatic rings. The van der Waals surface area contributed by atoms with Crippen LogP contribution < -0.4 is 0 Å². The van der Waals surface area contributed by atoms with Crippen LogP contribution in [-0.4, -0.2) is 40.8 Å². The van der Waals surface area contributed by atoms with Crippen LogP contribution in [0.3, 0.4) is 0 Å². The predicted molar refractivity (Wildman–Crippen MR) is 113 cm³/mol. The van der Waals surface area contributed by atoms with Crippen molar-refractivity contribution in [1.29, 1.82) is 0 Å². The van der Waals surface area contributed by atoms with Crippen LogP contribution in [0.4, 0.5) is 0 Å². The molecule has 0 aromatic heterocycles. The van der Waals surface area contributed by atoms with Crippen molar-refractivity contribution in [3.05, 3.63) is 12.2 Å². The lowest BCUT2D eigenvalue weighted by atomic mass is 9.85. The minimum atomic E-state index is -0.616. The van der Waals surface area contributed by atoms with Gasteiger partial charge < -0.3 is 14.9 Å². The molecule has 0 bridgehead atoms. The van der Waals surface area contributed by atoms with E-state index in [0.717, 1.165) is 64.2 Å². The highest BCUT2D eigenvalue weighted by atomic mass is 16.5. The highest BCUT2D eigenvalue weighted by Gasteiger charge is 2.43. The average molecular weight is 409 g/mol. The van der Waals surface area contributed by atoms with Crippen LogP contribution in [0.25, 0.3) is 0 Å². The number of Topliss-reactive ketones (excluding diaryl/α,β-unsaturated/α-hetero) is 1. The third-order valence-corrected chi connectivity index (χ3v) is 6.74. The lowest BCUT2D eigenvalue weighted by molar-refractivity contribution is -0.140. The van der Waals surface area contributed by atoms with Crippen LogP contribution in [0.15, 0.2) is 12.2 Å². The zero-order chi connectivity index (χ0) is 21.3. The Labute approximate surface area is 175 Å². The number of hydrogen-bond acceptors (Lipinski definition) is 5. The van der Waals surface area contributed by atoms with Crippen molar-refractivity contribution in [3.8, 4) is 0 Å². The minimum Gasteiger partial charge on any atom is -0.469 e. The summed E-state index contributed by atoms with van der Waals surface area (Å²) in [5, 5.41) is 21.4. The van der Waals surface area contributed by atoms with E-state index in [0.29, 0.717) is 18.8 Å². The van der Waals surface area contributed by atoms with Crippen molar-refractivity contribution in [3.63, 3.8) is 0 Å². The maximum atomic E-state index is 12.4. The third-order valence-electron chi connectivity index (χ3n) is 6.74. The second-order valence-electron chi connectivity index (χ2n) is 9.06. The van der Waals surface area contributed by atoms with Gasteiger partial charge in [-0.1, -0.05) is 51.2 Å². The normalized spacial score (nSPS) is 26.8. The first-order valence-corrected chi connectivity index (χ1v) is 11.6. The van der Waals surface area contributed by atoms with E-state index in [4.69, 9.17) is 0 Å². The summed E-state index contributed by atoms with van der Waals surface area (Å²) in [5.41, 5.74) is -0.616. The fraction of sp³-hybridized carbons (Fsp3) is 0.833. The number of rotatable bonds is 14. The van der Waals surface area contributed by atoms with Crippen LogP contribution >= 0.6 is 0 Å². The second-order valence-corrected chi connectivity index (χ2v) is 9.06. The van der Waals surface area contributed by atoms with Gasteiger partial charge in [0.2, 0.25) is 0 Å². The molecule has 0 aromatic carbocycles. The number of hydrogen-bond donors (Lipinski definition) is 2. The molecule has 2 aliphatic carbocycles. The van der Waals surface area contributed by atoms with Gasteiger partial charge in [0.05, 0.1) is 18.8 Å². The summed E-state index contributed by atoms with van der Waals surface area (Å²) in [6.07, 6.45) is 14.3. The molecule has 2 saturated carbocycles. The Morgan fingerprint density at radius 3 is 2.59 bits per heavy atom. The van der Waals surface area contributed by atoms with Gasteiger partial charge in [-0.2, -0.15) is 0 Å². The van der Waals surface area contributed by atoms with E-state index in [-0.39, 0.29) is 30.0 Å². The van der Waals surface area contributed by atoms with E-state index in [1.165, 1.54) is 7.11 Å². The number of aliphatic hydroxyl groups excluding tert-OH is 1. The fourth-order valence-electron chi connectivity index (χ4n) is 4.69. The minimum absolute atomic E-state index is 0.119. The van der Waals surface area contributed by atoms with Gasteiger partial charge in [0.15, 0.2) is 0 Å². The zero-order valence-corrected chi connectivity index (χ0v) is 18.3. The number of ketones is 1. The molecule has 2 rings (SSSR count). The van der Waals surface area contributed by atoms with E-state index in [9.17, 15) is 19.8 Å². The predicted octanol–water partition coefficient (Wildman–Crippen LogP) is 4.34. The monoisotopic (exact) mass is 408 g/mol. The molecule has 5 nitrogen and oxygen atoms in total. The summed E-state index contributed by atoms with van der Waals surface area (Å²) in [5.74, 6) is 0.146. The zero-order valence-electron chi connectivity index (χ0n) is 18.3. The molecule has 4 atom stereocenters. The summed E-state index contributed by atoms with van der Waals surface area (Å²) in [6.45, 7) is 2.14. The first-order chi connectivity index (χ1) is 13.9. The van der Waals surface area contributed by atoms with Gasteiger partial charge in [-0.25, -0.2) is 0 Å². The molecular formula is C24H40O5. The number of aliphatic hydroxyl groups is 2. The molecule has 0 spiro atoms. The largest absolute Gasteiger partial charge is 0.469 e. The number of esters is 1. The van der Waals surface area contributed by atoms with E-state index < -0.39 is 11.7 Å². The molecule has 2 fully saturated rings.